The van der Waals surface area contributed by atoms with E-state index in [0.717, 1.165) is 5.92 Å². The lowest BCUT2D eigenvalue weighted by Gasteiger charge is -2.47. The van der Waals surface area contributed by atoms with E-state index in [2.05, 4.69) is 38.5 Å². The van der Waals surface area contributed by atoms with E-state index in [9.17, 15) is 0 Å². The molecular formula is C14H25N. The fourth-order valence-corrected chi connectivity index (χ4v) is 2.76. The van der Waals surface area contributed by atoms with Crippen LogP contribution in [0.25, 0.3) is 0 Å². The SMILES string of the molecule is C#CC(C)(C)N1CCCC(C)C1CCC. The van der Waals surface area contributed by atoms with Gasteiger partial charge in [0.15, 0.2) is 0 Å². The highest BCUT2D eigenvalue weighted by Gasteiger charge is 2.35. The lowest BCUT2D eigenvalue weighted by Crippen LogP contribution is -2.54. The first-order chi connectivity index (χ1) is 7.03. The third kappa shape index (κ3) is 2.75. The van der Waals surface area contributed by atoms with Gasteiger partial charge in [0, 0.05) is 6.04 Å². The fourth-order valence-electron chi connectivity index (χ4n) is 2.76. The molecule has 1 heterocycles. The number of terminal acetylenes is 1. The topological polar surface area (TPSA) is 3.24 Å². The summed E-state index contributed by atoms with van der Waals surface area (Å²) in [4.78, 5) is 2.55. The maximum absolute atomic E-state index is 5.65. The maximum Gasteiger partial charge on any atom is 0.0768 e. The Morgan fingerprint density at radius 1 is 1.47 bits per heavy atom. The monoisotopic (exact) mass is 207 g/mol. The second-order valence-electron chi connectivity index (χ2n) is 5.37. The minimum absolute atomic E-state index is 0.0749. The standard InChI is InChI=1S/C14H25N/c1-6-9-13-12(3)10-8-11-15(13)14(4,5)7-2/h2,12-13H,6,8-11H2,1,3-5H3. The predicted octanol–water partition coefficient (Wildman–Crippen LogP) is 3.30. The Morgan fingerprint density at radius 2 is 2.13 bits per heavy atom. The van der Waals surface area contributed by atoms with Crippen LogP contribution in [0.5, 0.6) is 0 Å². The van der Waals surface area contributed by atoms with Crippen molar-refractivity contribution in [3.05, 3.63) is 0 Å². The molecule has 0 aromatic carbocycles. The molecule has 1 aliphatic rings. The van der Waals surface area contributed by atoms with E-state index in [1.807, 2.05) is 0 Å². The number of rotatable bonds is 3. The zero-order valence-electron chi connectivity index (χ0n) is 10.7. The number of piperidine rings is 1. The molecule has 0 radical (unpaired) electrons. The second kappa shape index (κ2) is 5.03. The summed E-state index contributed by atoms with van der Waals surface area (Å²) >= 11 is 0. The number of hydrogen-bond donors (Lipinski definition) is 0. The quantitative estimate of drug-likeness (QED) is 0.642. The van der Waals surface area contributed by atoms with Crippen molar-refractivity contribution in [2.24, 2.45) is 5.92 Å². The van der Waals surface area contributed by atoms with Crippen molar-refractivity contribution in [3.8, 4) is 12.3 Å². The molecule has 0 bridgehead atoms. The number of hydrogen-bond acceptors (Lipinski definition) is 1. The van der Waals surface area contributed by atoms with Crippen LogP contribution >= 0.6 is 0 Å². The van der Waals surface area contributed by atoms with Gasteiger partial charge in [-0.3, -0.25) is 4.90 Å². The highest BCUT2D eigenvalue weighted by molar-refractivity contribution is 5.10. The largest absolute Gasteiger partial charge is 0.284 e. The van der Waals surface area contributed by atoms with Gasteiger partial charge in [0.05, 0.1) is 5.54 Å². The lowest BCUT2D eigenvalue weighted by molar-refractivity contribution is 0.0352. The molecule has 0 spiro atoms. The van der Waals surface area contributed by atoms with Gasteiger partial charge in [-0.1, -0.05) is 26.2 Å². The molecule has 1 rings (SSSR count). The molecule has 1 aliphatic heterocycles. The summed E-state index contributed by atoms with van der Waals surface area (Å²) in [6.07, 6.45) is 10.9. The van der Waals surface area contributed by atoms with Crippen LogP contribution in [0.2, 0.25) is 0 Å². The van der Waals surface area contributed by atoms with Crippen LogP contribution in [-0.4, -0.2) is 23.0 Å². The van der Waals surface area contributed by atoms with Crippen LogP contribution in [0, 0.1) is 18.3 Å². The minimum Gasteiger partial charge on any atom is -0.284 e. The van der Waals surface area contributed by atoms with Crippen LogP contribution in [-0.2, 0) is 0 Å². The van der Waals surface area contributed by atoms with Gasteiger partial charge in [-0.15, -0.1) is 6.42 Å². The van der Waals surface area contributed by atoms with E-state index in [1.54, 1.807) is 0 Å². The van der Waals surface area contributed by atoms with E-state index in [1.165, 1.54) is 32.2 Å². The Hall–Kier alpha value is -0.480. The van der Waals surface area contributed by atoms with Crippen molar-refractivity contribution in [1.82, 2.24) is 4.90 Å². The molecule has 2 unspecified atom stereocenters. The summed E-state index contributed by atoms with van der Waals surface area (Å²) in [7, 11) is 0. The van der Waals surface area contributed by atoms with Crippen molar-refractivity contribution in [3.63, 3.8) is 0 Å². The molecule has 86 valence electrons. The van der Waals surface area contributed by atoms with Crippen LogP contribution in [0.1, 0.15) is 53.4 Å². The maximum atomic E-state index is 5.65. The average molecular weight is 207 g/mol. The van der Waals surface area contributed by atoms with Gasteiger partial charge in [0.1, 0.15) is 0 Å². The molecule has 15 heavy (non-hydrogen) atoms. The van der Waals surface area contributed by atoms with Gasteiger partial charge in [-0.05, 0) is 45.6 Å². The molecule has 0 aromatic heterocycles. The summed E-state index contributed by atoms with van der Waals surface area (Å²) in [5, 5.41) is 0. The van der Waals surface area contributed by atoms with Crippen molar-refractivity contribution in [2.75, 3.05) is 6.54 Å². The van der Waals surface area contributed by atoms with Crippen LogP contribution in [0.4, 0.5) is 0 Å². The lowest BCUT2D eigenvalue weighted by atomic mass is 9.84. The summed E-state index contributed by atoms with van der Waals surface area (Å²) in [5.74, 6) is 3.74. The van der Waals surface area contributed by atoms with Crippen molar-refractivity contribution in [2.45, 2.75) is 65.0 Å². The van der Waals surface area contributed by atoms with E-state index >= 15 is 0 Å². The normalized spacial score (nSPS) is 28.7. The third-order valence-electron chi connectivity index (χ3n) is 3.77. The fraction of sp³-hybridized carbons (Fsp3) is 0.857. The minimum atomic E-state index is -0.0749. The summed E-state index contributed by atoms with van der Waals surface area (Å²) < 4.78 is 0. The summed E-state index contributed by atoms with van der Waals surface area (Å²) in [5.41, 5.74) is -0.0749. The molecule has 1 fully saturated rings. The molecule has 0 N–H and O–H groups in total. The smallest absolute Gasteiger partial charge is 0.0768 e. The molecule has 0 saturated carbocycles. The molecule has 0 aromatic rings. The first-order valence-corrected chi connectivity index (χ1v) is 6.27. The Balaban J connectivity index is 2.80. The van der Waals surface area contributed by atoms with Crippen molar-refractivity contribution < 1.29 is 0 Å². The Kier molecular flexibility index (Phi) is 4.22. The Morgan fingerprint density at radius 3 is 2.67 bits per heavy atom. The highest BCUT2D eigenvalue weighted by atomic mass is 15.2. The van der Waals surface area contributed by atoms with Crippen molar-refractivity contribution in [1.29, 1.82) is 0 Å². The number of likely N-dealkylation sites (tertiary alicyclic amines) is 1. The Bertz CT molecular complexity index is 236. The van der Waals surface area contributed by atoms with Gasteiger partial charge in [0.2, 0.25) is 0 Å². The third-order valence-corrected chi connectivity index (χ3v) is 3.77. The van der Waals surface area contributed by atoms with E-state index in [4.69, 9.17) is 6.42 Å². The second-order valence-corrected chi connectivity index (χ2v) is 5.37. The predicted molar refractivity (Wildman–Crippen MR) is 66.7 cm³/mol. The van der Waals surface area contributed by atoms with Gasteiger partial charge in [-0.25, -0.2) is 0 Å². The zero-order chi connectivity index (χ0) is 11.5. The van der Waals surface area contributed by atoms with Crippen LogP contribution in [0.15, 0.2) is 0 Å². The molecule has 1 nitrogen and oxygen atoms in total. The van der Waals surface area contributed by atoms with Gasteiger partial charge < -0.3 is 0 Å². The zero-order valence-corrected chi connectivity index (χ0v) is 10.7. The molecule has 0 amide bonds. The molecule has 1 heteroatoms. The van der Waals surface area contributed by atoms with E-state index in [-0.39, 0.29) is 5.54 Å². The molecular weight excluding hydrogens is 182 g/mol. The highest BCUT2D eigenvalue weighted by Crippen LogP contribution is 2.31. The molecule has 1 saturated heterocycles. The Labute approximate surface area is 95.2 Å². The van der Waals surface area contributed by atoms with Crippen LogP contribution in [0.3, 0.4) is 0 Å². The van der Waals surface area contributed by atoms with Crippen LogP contribution < -0.4 is 0 Å². The first kappa shape index (κ1) is 12.6. The van der Waals surface area contributed by atoms with Gasteiger partial charge in [-0.2, -0.15) is 0 Å². The first-order valence-electron chi connectivity index (χ1n) is 6.27. The number of nitrogens with zero attached hydrogens (tertiary/aromatic N) is 1. The molecule has 0 aliphatic carbocycles. The summed E-state index contributed by atoms with van der Waals surface area (Å²) in [6.45, 7) is 10.2. The van der Waals surface area contributed by atoms with Crippen molar-refractivity contribution >= 4 is 0 Å². The van der Waals surface area contributed by atoms with E-state index in [0.29, 0.717) is 6.04 Å². The van der Waals surface area contributed by atoms with E-state index < -0.39 is 0 Å². The van der Waals surface area contributed by atoms with Gasteiger partial charge >= 0.3 is 0 Å². The molecule has 2 atom stereocenters. The van der Waals surface area contributed by atoms with Gasteiger partial charge in [0.25, 0.3) is 0 Å². The average Bonchev–Trinajstić information content (AvgIpc) is 2.21. The summed E-state index contributed by atoms with van der Waals surface area (Å²) in [6, 6.07) is 0.690.